The highest BCUT2D eigenvalue weighted by molar-refractivity contribution is 5.78. The fourth-order valence-electron chi connectivity index (χ4n) is 2.86. The number of piperazine rings is 1. The summed E-state index contributed by atoms with van der Waals surface area (Å²) in [5.41, 5.74) is 0. The molecule has 19 heavy (non-hydrogen) atoms. The van der Waals surface area contributed by atoms with Gasteiger partial charge in [0, 0.05) is 32.3 Å². The van der Waals surface area contributed by atoms with Crippen molar-refractivity contribution in [2.45, 2.75) is 52.6 Å². The van der Waals surface area contributed by atoms with Crippen LogP contribution in [0, 0.1) is 11.8 Å². The van der Waals surface area contributed by atoms with Crippen LogP contribution in [0.5, 0.6) is 0 Å². The molecule has 1 fully saturated rings. The molecule has 1 N–H and O–H groups in total. The second-order valence-electron chi connectivity index (χ2n) is 6.50. The van der Waals surface area contributed by atoms with Gasteiger partial charge in [-0.25, -0.2) is 0 Å². The third-order valence-corrected chi connectivity index (χ3v) is 3.59. The summed E-state index contributed by atoms with van der Waals surface area (Å²) in [6.45, 7) is 10.8. The fourth-order valence-corrected chi connectivity index (χ4v) is 2.86. The van der Waals surface area contributed by atoms with E-state index in [9.17, 15) is 4.79 Å². The van der Waals surface area contributed by atoms with Crippen molar-refractivity contribution in [1.29, 1.82) is 0 Å². The lowest BCUT2D eigenvalue weighted by Crippen LogP contribution is -2.59. The number of nitrogens with one attached hydrogen (secondary N) is 1. The Hall–Kier alpha value is -0.610. The van der Waals surface area contributed by atoms with Crippen molar-refractivity contribution in [1.82, 2.24) is 10.2 Å². The van der Waals surface area contributed by atoms with Crippen LogP contribution in [0.3, 0.4) is 0 Å². The van der Waals surface area contributed by atoms with E-state index in [2.05, 4.69) is 33.0 Å². The molecule has 1 saturated heterocycles. The number of carbonyl (C=O) groups excluding carboxylic acids is 1. The third-order valence-electron chi connectivity index (χ3n) is 3.59. The average Bonchev–Trinajstić information content (AvgIpc) is 2.30. The van der Waals surface area contributed by atoms with Crippen LogP contribution in [0.15, 0.2) is 0 Å². The smallest absolute Gasteiger partial charge is 0.248 e. The van der Waals surface area contributed by atoms with E-state index >= 15 is 0 Å². The van der Waals surface area contributed by atoms with E-state index in [4.69, 9.17) is 4.74 Å². The maximum atomic E-state index is 12.2. The number of nitrogens with zero attached hydrogens (tertiary/aromatic N) is 1. The number of rotatable bonds is 6. The lowest BCUT2D eigenvalue weighted by atomic mass is 9.95. The Morgan fingerprint density at radius 3 is 2.42 bits per heavy atom. The highest BCUT2D eigenvalue weighted by atomic mass is 16.5. The van der Waals surface area contributed by atoms with Crippen molar-refractivity contribution >= 4 is 5.91 Å². The van der Waals surface area contributed by atoms with Gasteiger partial charge in [-0.1, -0.05) is 27.7 Å². The molecular formula is C15H30N2O2. The third kappa shape index (κ3) is 5.49. The summed E-state index contributed by atoms with van der Waals surface area (Å²) in [5, 5.41) is 3.60. The zero-order valence-electron chi connectivity index (χ0n) is 13.1. The van der Waals surface area contributed by atoms with Gasteiger partial charge in [0.15, 0.2) is 0 Å². The molecule has 2 unspecified atom stereocenters. The maximum Gasteiger partial charge on any atom is 0.248 e. The van der Waals surface area contributed by atoms with Gasteiger partial charge in [-0.2, -0.15) is 0 Å². The summed E-state index contributed by atoms with van der Waals surface area (Å²) < 4.78 is 5.01. The second kappa shape index (κ2) is 7.85. The van der Waals surface area contributed by atoms with Gasteiger partial charge in [-0.15, -0.1) is 0 Å². The Labute approximate surface area is 117 Å². The van der Waals surface area contributed by atoms with Crippen LogP contribution in [0.25, 0.3) is 0 Å². The maximum absolute atomic E-state index is 12.2. The summed E-state index contributed by atoms with van der Waals surface area (Å²) in [4.78, 5) is 14.2. The molecule has 0 spiro atoms. The molecule has 0 aromatic rings. The Bertz CT molecular complexity index is 279. The van der Waals surface area contributed by atoms with Gasteiger partial charge >= 0.3 is 0 Å². The Kier molecular flexibility index (Phi) is 6.80. The van der Waals surface area contributed by atoms with Gasteiger partial charge in [0.05, 0.1) is 0 Å². The molecule has 1 rings (SSSR count). The average molecular weight is 270 g/mol. The topological polar surface area (TPSA) is 41.6 Å². The van der Waals surface area contributed by atoms with Gasteiger partial charge in [-0.05, 0) is 24.7 Å². The van der Waals surface area contributed by atoms with Crippen LogP contribution in [-0.2, 0) is 9.53 Å². The lowest BCUT2D eigenvalue weighted by molar-refractivity contribution is -0.139. The molecule has 112 valence electrons. The molecule has 0 aliphatic carbocycles. The number of carbonyl (C=O) groups is 1. The van der Waals surface area contributed by atoms with E-state index in [-0.39, 0.29) is 12.5 Å². The highest BCUT2D eigenvalue weighted by Gasteiger charge is 2.31. The molecule has 4 nitrogen and oxygen atoms in total. The first-order valence-corrected chi connectivity index (χ1v) is 7.45. The number of hydrogen-bond acceptors (Lipinski definition) is 3. The minimum absolute atomic E-state index is 0.128. The number of methoxy groups -OCH3 is 1. The predicted octanol–water partition coefficient (Wildman–Crippen LogP) is 1.89. The SMILES string of the molecule is COCC(=O)N1CC(CC(C)C)NCC1CC(C)C. The Morgan fingerprint density at radius 1 is 1.26 bits per heavy atom. The first-order chi connectivity index (χ1) is 8.93. The minimum atomic E-state index is 0.128. The van der Waals surface area contributed by atoms with Gasteiger partial charge in [-0.3, -0.25) is 4.79 Å². The Balaban J connectivity index is 2.65. The quantitative estimate of drug-likeness (QED) is 0.801. The molecule has 0 aromatic carbocycles. The monoisotopic (exact) mass is 270 g/mol. The molecule has 1 aliphatic rings. The molecular weight excluding hydrogens is 240 g/mol. The van der Waals surface area contributed by atoms with Gasteiger partial charge in [0.2, 0.25) is 5.91 Å². The largest absolute Gasteiger partial charge is 0.375 e. The second-order valence-corrected chi connectivity index (χ2v) is 6.50. The molecule has 0 saturated carbocycles. The van der Waals surface area contributed by atoms with Crippen LogP contribution >= 0.6 is 0 Å². The molecule has 0 bridgehead atoms. The van der Waals surface area contributed by atoms with Crippen LogP contribution in [-0.4, -0.2) is 49.7 Å². The van der Waals surface area contributed by atoms with E-state index in [0.717, 1.165) is 25.9 Å². The number of amides is 1. The number of ether oxygens (including phenoxy) is 1. The predicted molar refractivity (Wildman–Crippen MR) is 78.1 cm³/mol. The summed E-state index contributed by atoms with van der Waals surface area (Å²) in [6, 6.07) is 0.732. The molecule has 1 aliphatic heterocycles. The fraction of sp³-hybridized carbons (Fsp3) is 0.933. The molecule has 2 atom stereocenters. The molecule has 0 aromatic heterocycles. The normalized spacial score (nSPS) is 24.3. The van der Waals surface area contributed by atoms with Crippen LogP contribution in [0.1, 0.15) is 40.5 Å². The Morgan fingerprint density at radius 2 is 1.89 bits per heavy atom. The van der Waals surface area contributed by atoms with Gasteiger partial charge in [0.1, 0.15) is 6.61 Å². The lowest BCUT2D eigenvalue weighted by Gasteiger charge is -2.41. The van der Waals surface area contributed by atoms with Crippen molar-refractivity contribution < 1.29 is 9.53 Å². The standard InChI is InChI=1S/C15H30N2O2/c1-11(2)6-13-9-17(15(18)10-19-5)14(8-16-13)7-12(3)4/h11-14,16H,6-10H2,1-5H3. The van der Waals surface area contributed by atoms with E-state index in [1.807, 2.05) is 4.90 Å². The van der Waals surface area contributed by atoms with E-state index in [1.54, 1.807) is 7.11 Å². The molecule has 1 heterocycles. The first-order valence-electron chi connectivity index (χ1n) is 7.45. The van der Waals surface area contributed by atoms with E-state index in [1.165, 1.54) is 0 Å². The summed E-state index contributed by atoms with van der Waals surface area (Å²) in [5.74, 6) is 1.38. The van der Waals surface area contributed by atoms with Gasteiger partial charge < -0.3 is 15.0 Å². The van der Waals surface area contributed by atoms with Crippen molar-refractivity contribution in [3.63, 3.8) is 0 Å². The van der Waals surface area contributed by atoms with Crippen molar-refractivity contribution in [2.75, 3.05) is 26.8 Å². The summed E-state index contributed by atoms with van der Waals surface area (Å²) in [7, 11) is 1.59. The van der Waals surface area contributed by atoms with Crippen molar-refractivity contribution in [3.05, 3.63) is 0 Å². The first kappa shape index (κ1) is 16.4. The van der Waals surface area contributed by atoms with Crippen molar-refractivity contribution in [3.8, 4) is 0 Å². The van der Waals surface area contributed by atoms with E-state index < -0.39 is 0 Å². The van der Waals surface area contributed by atoms with Crippen molar-refractivity contribution in [2.24, 2.45) is 11.8 Å². The van der Waals surface area contributed by atoms with E-state index in [0.29, 0.717) is 23.9 Å². The molecule has 0 radical (unpaired) electrons. The summed E-state index contributed by atoms with van der Waals surface area (Å²) in [6.07, 6.45) is 2.17. The zero-order valence-corrected chi connectivity index (χ0v) is 13.1. The van der Waals surface area contributed by atoms with Gasteiger partial charge in [0.25, 0.3) is 0 Å². The highest BCUT2D eigenvalue weighted by Crippen LogP contribution is 2.18. The minimum Gasteiger partial charge on any atom is -0.375 e. The van der Waals surface area contributed by atoms with Crippen LogP contribution in [0.2, 0.25) is 0 Å². The zero-order chi connectivity index (χ0) is 14.4. The molecule has 4 heteroatoms. The van der Waals surface area contributed by atoms with Crippen LogP contribution < -0.4 is 5.32 Å². The van der Waals surface area contributed by atoms with Crippen LogP contribution in [0.4, 0.5) is 0 Å². The summed E-state index contributed by atoms with van der Waals surface area (Å²) >= 11 is 0. The molecule has 1 amide bonds. The number of hydrogen-bond donors (Lipinski definition) is 1.